The van der Waals surface area contributed by atoms with E-state index in [1.807, 2.05) is 0 Å². The second-order valence-electron chi connectivity index (χ2n) is 5.21. The molecule has 1 rings (SSSR count). The number of esters is 4. The van der Waals surface area contributed by atoms with E-state index in [9.17, 15) is 19.2 Å². The maximum atomic E-state index is 12.2. The van der Waals surface area contributed by atoms with Gasteiger partial charge in [-0.15, -0.1) is 0 Å². The minimum absolute atomic E-state index is 0.0868. The van der Waals surface area contributed by atoms with E-state index in [2.05, 4.69) is 0 Å². The molecule has 0 N–H and O–H groups in total. The van der Waals surface area contributed by atoms with Crippen LogP contribution < -0.4 is 10.4 Å². The van der Waals surface area contributed by atoms with Gasteiger partial charge in [-0.3, -0.25) is 0 Å². The largest absolute Gasteiger partial charge is 0.462 e. The summed E-state index contributed by atoms with van der Waals surface area (Å²) in [6, 6.07) is 5.65. The van der Waals surface area contributed by atoms with Crippen LogP contribution in [0.3, 0.4) is 0 Å². The minimum Gasteiger partial charge on any atom is -0.462 e. The molecule has 152 valence electrons. The molecule has 0 bridgehead atoms. The lowest BCUT2D eigenvalue weighted by atomic mass is 10.1. The molecule has 0 saturated carbocycles. The molecule has 0 aliphatic rings. The van der Waals surface area contributed by atoms with E-state index in [1.54, 1.807) is 27.7 Å². The third-order valence-electron chi connectivity index (χ3n) is 3.38. The first kappa shape index (κ1) is 22.9. The Balaban J connectivity index is 3.61. The van der Waals surface area contributed by atoms with E-state index in [0.717, 1.165) is 0 Å². The highest BCUT2D eigenvalue weighted by molar-refractivity contribution is 6.37. The number of rotatable bonds is 8. The first-order chi connectivity index (χ1) is 13.4. The van der Waals surface area contributed by atoms with Gasteiger partial charge in [0.1, 0.15) is 0 Å². The van der Waals surface area contributed by atoms with Gasteiger partial charge < -0.3 is 18.9 Å². The molecule has 0 fully saturated rings. The van der Waals surface area contributed by atoms with Gasteiger partial charge in [0.2, 0.25) is 0 Å². The number of carbonyl (C=O) groups excluding carboxylic acids is 4. The summed E-state index contributed by atoms with van der Waals surface area (Å²) in [4.78, 5) is 48.6. The zero-order chi connectivity index (χ0) is 21.1. The summed E-state index contributed by atoms with van der Waals surface area (Å²) in [5.41, 5.74) is -0.548. The van der Waals surface area contributed by atoms with E-state index in [-0.39, 0.29) is 48.0 Å². The standard InChI is InChI=1S/C20H24O8/c1-5-25-17(21)15(18(22)26-6-2)13-9-11-14(12-10-13)16(19(23)27-7-3)20(24)28-8-4/h9-12H,5-8H2,1-4H3. The van der Waals surface area contributed by atoms with Crippen molar-refractivity contribution in [1.29, 1.82) is 0 Å². The zero-order valence-corrected chi connectivity index (χ0v) is 16.4. The van der Waals surface area contributed by atoms with Crippen molar-refractivity contribution in [3.8, 4) is 0 Å². The average molecular weight is 392 g/mol. The third-order valence-corrected chi connectivity index (χ3v) is 3.38. The topological polar surface area (TPSA) is 105 Å². The normalized spacial score (nSPS) is 9.86. The van der Waals surface area contributed by atoms with Gasteiger partial charge in [0, 0.05) is 0 Å². The van der Waals surface area contributed by atoms with Crippen molar-refractivity contribution in [2.75, 3.05) is 26.4 Å². The Kier molecular flexibility index (Phi) is 9.42. The lowest BCUT2D eigenvalue weighted by molar-refractivity contribution is -0.144. The maximum absolute atomic E-state index is 12.2. The number of ether oxygens (including phenoxy) is 4. The average Bonchev–Trinajstić information content (AvgIpc) is 2.64. The van der Waals surface area contributed by atoms with Crippen molar-refractivity contribution in [3.05, 3.63) is 34.7 Å². The summed E-state index contributed by atoms with van der Waals surface area (Å²) in [5.74, 6) is -3.30. The molecule has 0 aliphatic carbocycles. The quantitative estimate of drug-likeness (QED) is 0.352. The molecule has 0 amide bonds. The van der Waals surface area contributed by atoms with Crippen LogP contribution >= 0.6 is 0 Å². The molecule has 0 heterocycles. The Hall–Kier alpha value is -3.16. The predicted octanol–water partition coefficient (Wildman–Crippen LogP) is 0.240. The molecule has 0 saturated heterocycles. The first-order valence-corrected chi connectivity index (χ1v) is 8.94. The Labute approximate surface area is 162 Å². The molecular weight excluding hydrogens is 368 g/mol. The van der Waals surface area contributed by atoms with Crippen molar-refractivity contribution in [2.24, 2.45) is 0 Å². The van der Waals surface area contributed by atoms with Crippen molar-refractivity contribution in [3.63, 3.8) is 0 Å². The highest BCUT2D eigenvalue weighted by Gasteiger charge is 2.23. The second kappa shape index (κ2) is 11.5. The van der Waals surface area contributed by atoms with Gasteiger partial charge >= 0.3 is 23.9 Å². The number of hydrogen-bond acceptors (Lipinski definition) is 8. The van der Waals surface area contributed by atoms with Crippen LogP contribution in [0.4, 0.5) is 0 Å². The Bertz CT molecular complexity index is 719. The van der Waals surface area contributed by atoms with E-state index in [4.69, 9.17) is 18.9 Å². The molecule has 0 atom stereocenters. The monoisotopic (exact) mass is 392 g/mol. The fraction of sp³-hybridized carbons (Fsp3) is 0.400. The maximum Gasteiger partial charge on any atom is 0.346 e. The van der Waals surface area contributed by atoms with Gasteiger partial charge in [-0.2, -0.15) is 0 Å². The van der Waals surface area contributed by atoms with E-state index in [1.165, 1.54) is 24.3 Å². The lowest BCUT2D eigenvalue weighted by Gasteiger charge is -2.08. The number of hydrogen-bond donors (Lipinski definition) is 0. The van der Waals surface area contributed by atoms with Crippen LogP contribution in [0.15, 0.2) is 24.3 Å². The van der Waals surface area contributed by atoms with Gasteiger partial charge in [0.25, 0.3) is 0 Å². The van der Waals surface area contributed by atoms with Crippen molar-refractivity contribution >= 4 is 35.0 Å². The van der Waals surface area contributed by atoms with E-state index in [0.29, 0.717) is 0 Å². The van der Waals surface area contributed by atoms with Gasteiger partial charge in [-0.05, 0) is 38.1 Å². The summed E-state index contributed by atoms with van der Waals surface area (Å²) in [5, 5.41) is 0.459. The molecule has 1 aromatic rings. The van der Waals surface area contributed by atoms with Gasteiger partial charge in [-0.1, -0.05) is 24.3 Å². The molecule has 28 heavy (non-hydrogen) atoms. The number of carbonyl (C=O) groups is 4. The lowest BCUT2D eigenvalue weighted by Crippen LogP contribution is -2.28. The van der Waals surface area contributed by atoms with Gasteiger partial charge in [-0.25, -0.2) is 19.2 Å². The second-order valence-corrected chi connectivity index (χ2v) is 5.21. The molecular formula is C20H24O8. The van der Waals surface area contributed by atoms with Crippen LogP contribution in [0.1, 0.15) is 27.7 Å². The summed E-state index contributed by atoms with van der Waals surface area (Å²) < 4.78 is 19.7. The Morgan fingerprint density at radius 3 is 0.929 bits per heavy atom. The molecule has 8 nitrogen and oxygen atoms in total. The minimum atomic E-state index is -0.825. The highest BCUT2D eigenvalue weighted by atomic mass is 16.6. The van der Waals surface area contributed by atoms with Crippen molar-refractivity contribution < 1.29 is 38.1 Å². The first-order valence-electron chi connectivity index (χ1n) is 8.94. The number of benzene rings is 1. The molecule has 1 aromatic carbocycles. The van der Waals surface area contributed by atoms with Gasteiger partial charge in [0.05, 0.1) is 26.4 Å². The Morgan fingerprint density at radius 1 is 0.536 bits per heavy atom. The van der Waals surface area contributed by atoms with Crippen LogP contribution in [-0.2, 0) is 38.1 Å². The van der Waals surface area contributed by atoms with Crippen molar-refractivity contribution in [1.82, 2.24) is 0 Å². The van der Waals surface area contributed by atoms with E-state index < -0.39 is 23.9 Å². The molecule has 8 heteroatoms. The van der Waals surface area contributed by atoms with Crippen LogP contribution in [0.25, 0.3) is 11.1 Å². The predicted molar refractivity (Wildman–Crippen MR) is 99.0 cm³/mol. The fourth-order valence-electron chi connectivity index (χ4n) is 2.25. The van der Waals surface area contributed by atoms with Crippen LogP contribution in [0.2, 0.25) is 0 Å². The zero-order valence-electron chi connectivity index (χ0n) is 16.4. The summed E-state index contributed by atoms with van der Waals surface area (Å²) >= 11 is 0. The molecule has 0 aliphatic heterocycles. The third kappa shape index (κ3) is 5.94. The molecule has 0 unspecified atom stereocenters. The van der Waals surface area contributed by atoms with Crippen LogP contribution in [-0.4, -0.2) is 50.3 Å². The van der Waals surface area contributed by atoms with E-state index >= 15 is 0 Å². The molecule has 0 spiro atoms. The summed E-state index contributed by atoms with van der Waals surface area (Å²) in [6.07, 6.45) is 0. The fourth-order valence-corrected chi connectivity index (χ4v) is 2.25. The van der Waals surface area contributed by atoms with Gasteiger partial charge in [0.15, 0.2) is 11.1 Å². The molecule has 0 radical (unpaired) electrons. The highest BCUT2D eigenvalue weighted by Crippen LogP contribution is 2.04. The Morgan fingerprint density at radius 2 is 0.750 bits per heavy atom. The van der Waals surface area contributed by atoms with Crippen LogP contribution in [0, 0.1) is 0 Å². The smallest absolute Gasteiger partial charge is 0.346 e. The molecule has 0 aromatic heterocycles. The summed E-state index contributed by atoms with van der Waals surface area (Å²) in [6.45, 7) is 6.81. The summed E-state index contributed by atoms with van der Waals surface area (Å²) in [7, 11) is 0. The SMILES string of the molecule is CCOC(=O)C(C(=O)OCC)=c1ccc(=C(C(=O)OCC)C(=O)OCC)cc1. The van der Waals surface area contributed by atoms with Crippen molar-refractivity contribution in [2.45, 2.75) is 27.7 Å². The van der Waals surface area contributed by atoms with Crippen LogP contribution in [0.5, 0.6) is 0 Å².